The van der Waals surface area contributed by atoms with Crippen LogP contribution in [-0.4, -0.2) is 35.3 Å². The van der Waals surface area contributed by atoms with Crippen LogP contribution >= 0.6 is 0 Å². The summed E-state index contributed by atoms with van der Waals surface area (Å²) < 4.78 is 12.1. The summed E-state index contributed by atoms with van der Waals surface area (Å²) in [5.41, 5.74) is 2.70. The molecule has 2 aromatic rings. The minimum Gasteiger partial charge on any atom is -0.478 e. The Hall–Kier alpha value is -2.04. The fourth-order valence-electron chi connectivity index (χ4n) is 6.82. The first kappa shape index (κ1) is 21.5. The van der Waals surface area contributed by atoms with Gasteiger partial charge in [-0.2, -0.15) is 0 Å². The van der Waals surface area contributed by atoms with Gasteiger partial charge in [-0.25, -0.2) is 0 Å². The predicted molar refractivity (Wildman–Crippen MR) is 131 cm³/mol. The molecule has 4 aliphatic rings. The van der Waals surface area contributed by atoms with Crippen LogP contribution in [0.15, 0.2) is 48.5 Å². The first-order chi connectivity index (χ1) is 16.3. The van der Waals surface area contributed by atoms with E-state index in [4.69, 9.17) is 9.47 Å². The van der Waals surface area contributed by atoms with Crippen molar-refractivity contribution in [1.29, 1.82) is 0 Å². The SMILES string of the molecule is c1ccc2c(c1)CN(C1CCC(CC3CCC(N4COc5ccccc5C4)CC3)CC1)CO2. The Morgan fingerprint density at radius 1 is 0.576 bits per heavy atom. The predicted octanol–water partition coefficient (Wildman–Crippen LogP) is 6.20. The van der Waals surface area contributed by atoms with Gasteiger partial charge in [0.05, 0.1) is 0 Å². The van der Waals surface area contributed by atoms with Crippen molar-refractivity contribution in [3.63, 3.8) is 0 Å². The van der Waals surface area contributed by atoms with Crippen molar-refractivity contribution < 1.29 is 9.47 Å². The lowest BCUT2D eigenvalue weighted by atomic mass is 9.75. The van der Waals surface area contributed by atoms with Gasteiger partial charge < -0.3 is 9.47 Å². The van der Waals surface area contributed by atoms with E-state index in [1.165, 1.54) is 68.9 Å². The number of hydrogen-bond donors (Lipinski definition) is 0. The maximum atomic E-state index is 6.03. The van der Waals surface area contributed by atoms with Gasteiger partial charge in [0, 0.05) is 36.3 Å². The molecule has 0 unspecified atom stereocenters. The van der Waals surface area contributed by atoms with Gasteiger partial charge in [-0.05, 0) is 81.8 Å². The lowest BCUT2D eigenvalue weighted by Gasteiger charge is -2.41. The molecular weight excluding hydrogens is 408 g/mol. The van der Waals surface area contributed by atoms with Crippen LogP contribution < -0.4 is 9.47 Å². The van der Waals surface area contributed by atoms with Crippen molar-refractivity contribution in [3.05, 3.63) is 59.7 Å². The van der Waals surface area contributed by atoms with Gasteiger partial charge in [-0.3, -0.25) is 9.80 Å². The van der Waals surface area contributed by atoms with Gasteiger partial charge >= 0.3 is 0 Å². The van der Waals surface area contributed by atoms with Crippen LogP contribution in [0.1, 0.15) is 68.9 Å². The fourth-order valence-corrected chi connectivity index (χ4v) is 6.82. The molecule has 0 aromatic heterocycles. The molecular formula is C29H38N2O2. The smallest absolute Gasteiger partial charge is 0.142 e. The number of nitrogens with zero attached hydrogens (tertiary/aromatic N) is 2. The molecule has 2 fully saturated rings. The zero-order chi connectivity index (χ0) is 22.0. The number of rotatable bonds is 4. The van der Waals surface area contributed by atoms with E-state index in [0.717, 1.165) is 49.9 Å². The summed E-state index contributed by atoms with van der Waals surface area (Å²) in [6, 6.07) is 18.5. The number of para-hydroxylation sites is 2. The third-order valence-electron chi connectivity index (χ3n) is 8.80. The Kier molecular flexibility index (Phi) is 6.30. The first-order valence-electron chi connectivity index (χ1n) is 13.2. The molecule has 4 nitrogen and oxygen atoms in total. The van der Waals surface area contributed by atoms with Crippen LogP contribution in [0, 0.1) is 11.8 Å². The summed E-state index contributed by atoms with van der Waals surface area (Å²) in [6.45, 7) is 3.64. The second-order valence-electron chi connectivity index (χ2n) is 10.8. The van der Waals surface area contributed by atoms with Gasteiger partial charge in [0.1, 0.15) is 25.0 Å². The molecule has 0 spiro atoms. The number of ether oxygens (including phenoxy) is 2. The largest absolute Gasteiger partial charge is 0.478 e. The molecule has 4 heteroatoms. The van der Waals surface area contributed by atoms with Gasteiger partial charge in [0.15, 0.2) is 0 Å². The van der Waals surface area contributed by atoms with Crippen molar-refractivity contribution in [2.24, 2.45) is 11.8 Å². The third kappa shape index (κ3) is 4.79. The maximum absolute atomic E-state index is 6.03. The number of benzene rings is 2. The van der Waals surface area contributed by atoms with Crippen LogP contribution in [0.4, 0.5) is 0 Å². The number of fused-ring (bicyclic) bond motifs is 2. The highest BCUT2D eigenvalue weighted by molar-refractivity contribution is 5.35. The van der Waals surface area contributed by atoms with Gasteiger partial charge in [-0.1, -0.05) is 36.4 Å². The van der Waals surface area contributed by atoms with Crippen LogP contribution in [-0.2, 0) is 13.1 Å². The fraction of sp³-hybridized carbons (Fsp3) is 0.586. The Balaban J connectivity index is 0.940. The Bertz CT molecular complexity index is 855. The molecule has 2 heterocycles. The third-order valence-corrected chi connectivity index (χ3v) is 8.80. The van der Waals surface area contributed by atoms with E-state index in [9.17, 15) is 0 Å². The van der Waals surface area contributed by atoms with Crippen molar-refractivity contribution in [2.45, 2.75) is 83.0 Å². The molecule has 0 atom stereocenters. The van der Waals surface area contributed by atoms with E-state index in [1.54, 1.807) is 0 Å². The highest BCUT2D eigenvalue weighted by atomic mass is 16.5. The van der Waals surface area contributed by atoms with E-state index in [2.05, 4.69) is 58.3 Å². The first-order valence-corrected chi connectivity index (χ1v) is 13.2. The average Bonchev–Trinajstić information content (AvgIpc) is 2.89. The Morgan fingerprint density at radius 2 is 1.00 bits per heavy atom. The van der Waals surface area contributed by atoms with Crippen molar-refractivity contribution in [1.82, 2.24) is 9.80 Å². The molecule has 2 saturated carbocycles. The highest BCUT2D eigenvalue weighted by Crippen LogP contribution is 2.39. The molecule has 176 valence electrons. The zero-order valence-electron chi connectivity index (χ0n) is 19.8. The van der Waals surface area contributed by atoms with Gasteiger partial charge in [0.2, 0.25) is 0 Å². The van der Waals surface area contributed by atoms with Crippen LogP contribution in [0.25, 0.3) is 0 Å². The van der Waals surface area contributed by atoms with E-state index < -0.39 is 0 Å². The molecule has 0 radical (unpaired) electrons. The summed E-state index contributed by atoms with van der Waals surface area (Å²) in [7, 11) is 0. The standard InChI is InChI=1S/C29H38N2O2/c1-3-7-28-24(5-1)18-30(20-32-28)26-13-9-22(10-14-26)17-23-11-15-27(16-12-23)31-19-25-6-2-4-8-29(25)33-21-31/h1-8,22-23,26-27H,9-21H2. The lowest BCUT2D eigenvalue weighted by Crippen LogP contribution is -2.43. The van der Waals surface area contributed by atoms with Crippen LogP contribution in [0.3, 0.4) is 0 Å². The summed E-state index contributed by atoms with van der Waals surface area (Å²) >= 11 is 0. The topological polar surface area (TPSA) is 24.9 Å². The van der Waals surface area contributed by atoms with Crippen molar-refractivity contribution in [3.8, 4) is 11.5 Å². The van der Waals surface area contributed by atoms with E-state index in [-0.39, 0.29) is 0 Å². The monoisotopic (exact) mass is 446 g/mol. The molecule has 0 saturated heterocycles. The second kappa shape index (κ2) is 9.68. The van der Waals surface area contributed by atoms with Crippen LogP contribution in [0.5, 0.6) is 11.5 Å². The number of hydrogen-bond acceptors (Lipinski definition) is 4. The van der Waals surface area contributed by atoms with Crippen LogP contribution in [0.2, 0.25) is 0 Å². The van der Waals surface area contributed by atoms with Gasteiger partial charge in [-0.15, -0.1) is 0 Å². The van der Waals surface area contributed by atoms with Crippen molar-refractivity contribution >= 4 is 0 Å². The minimum absolute atomic E-state index is 0.701. The molecule has 6 rings (SSSR count). The van der Waals surface area contributed by atoms with E-state index in [1.807, 2.05) is 0 Å². The Labute approximate surface area is 198 Å². The Morgan fingerprint density at radius 3 is 1.45 bits per heavy atom. The maximum Gasteiger partial charge on any atom is 0.142 e. The molecule has 0 bridgehead atoms. The van der Waals surface area contributed by atoms with Crippen molar-refractivity contribution in [2.75, 3.05) is 13.5 Å². The van der Waals surface area contributed by atoms with Gasteiger partial charge in [0.25, 0.3) is 0 Å². The summed E-state index contributed by atoms with van der Waals surface area (Å²) in [4.78, 5) is 5.14. The quantitative estimate of drug-likeness (QED) is 0.558. The lowest BCUT2D eigenvalue weighted by molar-refractivity contribution is 0.0235. The highest BCUT2D eigenvalue weighted by Gasteiger charge is 2.32. The van der Waals surface area contributed by atoms with E-state index >= 15 is 0 Å². The molecule has 0 amide bonds. The van der Waals surface area contributed by atoms with E-state index in [0.29, 0.717) is 12.1 Å². The summed E-state index contributed by atoms with van der Waals surface area (Å²) in [5, 5.41) is 0. The minimum atomic E-state index is 0.701. The summed E-state index contributed by atoms with van der Waals surface area (Å²) in [5.74, 6) is 4.04. The second-order valence-corrected chi connectivity index (χ2v) is 10.8. The summed E-state index contributed by atoms with van der Waals surface area (Å²) in [6.07, 6.45) is 12.4. The molecule has 2 aromatic carbocycles. The normalized spacial score (nSPS) is 30.5. The molecule has 33 heavy (non-hydrogen) atoms. The zero-order valence-corrected chi connectivity index (χ0v) is 19.8. The molecule has 2 aliphatic carbocycles. The molecule has 0 N–H and O–H groups in total. The average molecular weight is 447 g/mol. The molecule has 2 aliphatic heterocycles.